The summed E-state index contributed by atoms with van der Waals surface area (Å²) in [4.78, 5) is 19.2. The van der Waals surface area contributed by atoms with Crippen molar-refractivity contribution in [3.8, 4) is 0 Å². The van der Waals surface area contributed by atoms with Gasteiger partial charge in [-0.25, -0.2) is 4.98 Å². The summed E-state index contributed by atoms with van der Waals surface area (Å²) in [7, 11) is 0. The third kappa shape index (κ3) is 2.33. The molecule has 0 amide bonds. The summed E-state index contributed by atoms with van der Waals surface area (Å²) in [5.41, 5.74) is 1.89. The van der Waals surface area contributed by atoms with Crippen LogP contribution in [0.15, 0.2) is 23.6 Å². The summed E-state index contributed by atoms with van der Waals surface area (Å²) >= 11 is 1.28. The quantitative estimate of drug-likeness (QED) is 0.836. The van der Waals surface area contributed by atoms with Gasteiger partial charge in [0.05, 0.1) is 17.5 Å². The molecule has 6 heteroatoms. The second-order valence-corrected chi connectivity index (χ2v) is 5.44. The molecule has 1 fully saturated rings. The van der Waals surface area contributed by atoms with Crippen molar-refractivity contribution in [1.29, 1.82) is 0 Å². The van der Waals surface area contributed by atoms with Gasteiger partial charge >= 0.3 is 5.97 Å². The Morgan fingerprint density at radius 1 is 1.56 bits per heavy atom. The second-order valence-electron chi connectivity index (χ2n) is 4.50. The summed E-state index contributed by atoms with van der Waals surface area (Å²) in [6, 6.07) is 1.94. The zero-order valence-corrected chi connectivity index (χ0v) is 10.6. The molecule has 0 aromatic carbocycles. The van der Waals surface area contributed by atoms with Gasteiger partial charge in [0.2, 0.25) is 0 Å². The van der Waals surface area contributed by atoms with Gasteiger partial charge in [0, 0.05) is 12.7 Å². The molecule has 0 aliphatic heterocycles. The van der Waals surface area contributed by atoms with E-state index in [0.29, 0.717) is 0 Å². The van der Waals surface area contributed by atoms with Crippen LogP contribution in [-0.2, 0) is 11.3 Å². The van der Waals surface area contributed by atoms with Crippen LogP contribution in [0.25, 0.3) is 11.0 Å². The lowest BCUT2D eigenvalue weighted by Crippen LogP contribution is -2.04. The van der Waals surface area contributed by atoms with E-state index in [1.165, 1.54) is 24.6 Å². The van der Waals surface area contributed by atoms with E-state index in [1.807, 2.05) is 6.07 Å². The van der Waals surface area contributed by atoms with Crippen LogP contribution in [0.5, 0.6) is 0 Å². The fourth-order valence-electron chi connectivity index (χ4n) is 1.93. The number of aromatic nitrogens is 3. The van der Waals surface area contributed by atoms with Crippen molar-refractivity contribution in [2.45, 2.75) is 24.5 Å². The van der Waals surface area contributed by atoms with Crippen LogP contribution in [0, 0.1) is 5.92 Å². The summed E-state index contributed by atoms with van der Waals surface area (Å²) in [6.45, 7) is 0.933. The van der Waals surface area contributed by atoms with E-state index in [2.05, 4.69) is 14.5 Å². The van der Waals surface area contributed by atoms with Gasteiger partial charge in [-0.2, -0.15) is 0 Å². The summed E-state index contributed by atoms with van der Waals surface area (Å²) < 4.78 is 2.13. The highest BCUT2D eigenvalue weighted by atomic mass is 32.2. The molecular weight excluding hydrogens is 250 g/mol. The number of thioether (sulfide) groups is 1. The van der Waals surface area contributed by atoms with Crippen LogP contribution in [0.1, 0.15) is 12.8 Å². The zero-order valence-electron chi connectivity index (χ0n) is 9.74. The van der Waals surface area contributed by atoms with E-state index < -0.39 is 5.97 Å². The Kier molecular flexibility index (Phi) is 2.95. The minimum atomic E-state index is -0.817. The van der Waals surface area contributed by atoms with Crippen LogP contribution < -0.4 is 0 Å². The van der Waals surface area contributed by atoms with Crippen molar-refractivity contribution < 1.29 is 9.90 Å². The van der Waals surface area contributed by atoms with E-state index in [1.54, 1.807) is 12.4 Å². The van der Waals surface area contributed by atoms with Gasteiger partial charge in [-0.1, -0.05) is 11.8 Å². The van der Waals surface area contributed by atoms with Crippen molar-refractivity contribution in [2.75, 3.05) is 5.75 Å². The van der Waals surface area contributed by atoms with E-state index in [9.17, 15) is 4.79 Å². The maximum atomic E-state index is 10.7. The molecule has 18 heavy (non-hydrogen) atoms. The molecular formula is C12H13N3O2S. The Morgan fingerprint density at radius 2 is 2.39 bits per heavy atom. The lowest BCUT2D eigenvalue weighted by molar-refractivity contribution is -0.133. The van der Waals surface area contributed by atoms with Crippen LogP contribution in [0.3, 0.4) is 0 Å². The molecule has 3 rings (SSSR count). The molecule has 2 aromatic heterocycles. The number of hydrogen-bond acceptors (Lipinski definition) is 4. The Morgan fingerprint density at radius 3 is 3.11 bits per heavy atom. The SMILES string of the molecule is O=C(O)CSc1nc2cnccc2n1CC1CC1. The fraction of sp³-hybridized carbons (Fsp3) is 0.417. The van der Waals surface area contributed by atoms with Gasteiger partial charge in [0.1, 0.15) is 5.52 Å². The number of hydrogen-bond donors (Lipinski definition) is 1. The maximum absolute atomic E-state index is 10.7. The highest BCUT2D eigenvalue weighted by molar-refractivity contribution is 7.99. The molecule has 5 nitrogen and oxygen atoms in total. The van der Waals surface area contributed by atoms with E-state index in [-0.39, 0.29) is 5.75 Å². The molecule has 0 radical (unpaired) electrons. The van der Waals surface area contributed by atoms with Gasteiger partial charge in [-0.05, 0) is 24.8 Å². The van der Waals surface area contributed by atoms with E-state index in [4.69, 9.17) is 5.11 Å². The number of rotatable bonds is 5. The predicted molar refractivity (Wildman–Crippen MR) is 68.6 cm³/mol. The molecule has 1 aliphatic rings. The predicted octanol–water partition coefficient (Wildman–Crippen LogP) is 2.02. The molecule has 0 atom stereocenters. The average molecular weight is 263 g/mol. The molecule has 94 valence electrons. The molecule has 2 aromatic rings. The van der Waals surface area contributed by atoms with Crippen LogP contribution in [0.4, 0.5) is 0 Å². The molecule has 1 aliphatic carbocycles. The van der Waals surface area contributed by atoms with Crippen molar-refractivity contribution in [3.05, 3.63) is 18.5 Å². The monoisotopic (exact) mass is 263 g/mol. The summed E-state index contributed by atoms with van der Waals surface area (Å²) in [5.74, 6) is -0.0515. The lowest BCUT2D eigenvalue weighted by Gasteiger charge is -2.06. The highest BCUT2D eigenvalue weighted by Gasteiger charge is 2.24. The number of carboxylic acids is 1. The first kappa shape index (κ1) is 11.5. The normalized spacial score (nSPS) is 15.1. The Balaban J connectivity index is 1.96. The molecule has 0 saturated heterocycles. The van der Waals surface area contributed by atoms with E-state index >= 15 is 0 Å². The van der Waals surface area contributed by atoms with Crippen molar-refractivity contribution >= 4 is 28.8 Å². The Bertz CT molecular complexity index is 592. The minimum absolute atomic E-state index is 0.0431. The number of aliphatic carboxylic acids is 1. The molecule has 1 N–H and O–H groups in total. The standard InChI is InChI=1S/C12H13N3O2S/c16-11(17)7-18-12-14-9-5-13-4-3-10(9)15(12)6-8-1-2-8/h3-5,8H,1-2,6-7H2,(H,16,17). The van der Waals surface area contributed by atoms with Gasteiger partial charge in [0.15, 0.2) is 5.16 Å². The minimum Gasteiger partial charge on any atom is -0.481 e. The molecule has 0 spiro atoms. The van der Waals surface area contributed by atoms with E-state index in [0.717, 1.165) is 28.7 Å². The number of fused-ring (bicyclic) bond motifs is 1. The Hall–Kier alpha value is -1.56. The topological polar surface area (TPSA) is 68.0 Å². The molecule has 0 unspecified atom stereocenters. The number of carboxylic acid groups (broad SMARTS) is 1. The van der Waals surface area contributed by atoms with Gasteiger partial charge < -0.3 is 9.67 Å². The van der Waals surface area contributed by atoms with Crippen LogP contribution in [0.2, 0.25) is 0 Å². The van der Waals surface area contributed by atoms with Gasteiger partial charge in [-0.3, -0.25) is 9.78 Å². The molecule has 0 bridgehead atoms. The van der Waals surface area contributed by atoms with Crippen LogP contribution >= 0.6 is 11.8 Å². The van der Waals surface area contributed by atoms with Crippen molar-refractivity contribution in [1.82, 2.24) is 14.5 Å². The Labute approximate surface area is 108 Å². The third-order valence-corrected chi connectivity index (χ3v) is 3.94. The largest absolute Gasteiger partial charge is 0.481 e. The first-order valence-corrected chi connectivity index (χ1v) is 6.87. The smallest absolute Gasteiger partial charge is 0.313 e. The second kappa shape index (κ2) is 4.61. The van der Waals surface area contributed by atoms with Crippen molar-refractivity contribution in [3.63, 3.8) is 0 Å². The van der Waals surface area contributed by atoms with Gasteiger partial charge in [-0.15, -0.1) is 0 Å². The number of nitrogens with zero attached hydrogens (tertiary/aromatic N) is 3. The zero-order chi connectivity index (χ0) is 12.5. The third-order valence-electron chi connectivity index (χ3n) is 2.98. The molecule has 2 heterocycles. The average Bonchev–Trinajstić information content (AvgIpc) is 3.09. The number of imidazole rings is 1. The first-order valence-electron chi connectivity index (χ1n) is 5.89. The van der Waals surface area contributed by atoms with Crippen molar-refractivity contribution in [2.24, 2.45) is 5.92 Å². The van der Waals surface area contributed by atoms with Gasteiger partial charge in [0.25, 0.3) is 0 Å². The summed E-state index contributed by atoms with van der Waals surface area (Å²) in [6.07, 6.45) is 5.99. The first-order chi connectivity index (χ1) is 8.74. The summed E-state index contributed by atoms with van der Waals surface area (Å²) in [5, 5.41) is 9.55. The van der Waals surface area contributed by atoms with Crippen LogP contribution in [-0.4, -0.2) is 31.4 Å². The maximum Gasteiger partial charge on any atom is 0.313 e. The highest BCUT2D eigenvalue weighted by Crippen LogP contribution is 2.34. The number of carbonyl (C=O) groups is 1. The fourth-order valence-corrected chi connectivity index (χ4v) is 2.68. The number of pyridine rings is 1. The lowest BCUT2D eigenvalue weighted by atomic mass is 10.4. The molecule has 1 saturated carbocycles.